The highest BCUT2D eigenvalue weighted by molar-refractivity contribution is 6.46. The Morgan fingerprint density at radius 3 is 2.27 bits per heavy atom. The lowest BCUT2D eigenvalue weighted by atomic mass is 9.93. The first kappa shape index (κ1) is 23.1. The second-order valence-corrected chi connectivity index (χ2v) is 8.77. The average Bonchev–Trinajstić information content (AvgIpc) is 3.08. The van der Waals surface area contributed by atoms with Crippen LogP contribution in [0, 0.1) is 5.82 Å². The Morgan fingerprint density at radius 1 is 1.03 bits per heavy atom. The van der Waals surface area contributed by atoms with Crippen LogP contribution in [0.2, 0.25) is 0 Å². The molecule has 2 aromatic carbocycles. The molecule has 1 amide bonds. The molecule has 2 aliphatic rings. The van der Waals surface area contributed by atoms with Gasteiger partial charge in [-0.3, -0.25) is 14.5 Å². The molecule has 0 saturated carbocycles. The maximum atomic E-state index is 13.4. The van der Waals surface area contributed by atoms with E-state index in [0.717, 1.165) is 24.2 Å². The van der Waals surface area contributed by atoms with Crippen LogP contribution in [0.25, 0.3) is 5.76 Å². The van der Waals surface area contributed by atoms with Gasteiger partial charge in [-0.05, 0) is 41.3 Å². The number of rotatable bonds is 6. The standard InChI is InChI=1S/C26H29FN2O4/c1-17(2)18-3-5-19(6-4-18)23-22(24(30)20-7-9-21(27)10-8-20)25(31)26(32)29(23)12-11-28-13-15-33-16-14-28/h3-10,17,23,30H,11-16H2,1-2H3/b24-22-. The number of hydrogen-bond acceptors (Lipinski definition) is 5. The molecule has 0 spiro atoms. The van der Waals surface area contributed by atoms with E-state index in [1.807, 2.05) is 24.3 Å². The number of ether oxygens (including phenoxy) is 1. The van der Waals surface area contributed by atoms with Gasteiger partial charge in [-0.2, -0.15) is 0 Å². The molecule has 4 rings (SSSR count). The predicted octanol–water partition coefficient (Wildman–Crippen LogP) is 3.70. The number of likely N-dealkylation sites (tertiary alicyclic amines) is 1. The van der Waals surface area contributed by atoms with Crippen molar-refractivity contribution in [2.24, 2.45) is 0 Å². The second-order valence-electron chi connectivity index (χ2n) is 8.77. The summed E-state index contributed by atoms with van der Waals surface area (Å²) in [5.41, 5.74) is 2.23. The van der Waals surface area contributed by atoms with E-state index in [9.17, 15) is 19.1 Å². The highest BCUT2D eigenvalue weighted by atomic mass is 19.1. The van der Waals surface area contributed by atoms with Gasteiger partial charge >= 0.3 is 0 Å². The number of morpholine rings is 1. The zero-order valence-corrected chi connectivity index (χ0v) is 19.0. The van der Waals surface area contributed by atoms with Crippen LogP contribution in [0.5, 0.6) is 0 Å². The summed E-state index contributed by atoms with van der Waals surface area (Å²) < 4.78 is 18.8. The quantitative estimate of drug-likeness (QED) is 0.411. The first-order valence-electron chi connectivity index (χ1n) is 11.3. The fraction of sp³-hybridized carbons (Fsp3) is 0.385. The van der Waals surface area contributed by atoms with E-state index in [1.165, 1.54) is 29.2 Å². The van der Waals surface area contributed by atoms with Gasteiger partial charge in [-0.25, -0.2) is 4.39 Å². The van der Waals surface area contributed by atoms with Crippen molar-refractivity contribution in [2.75, 3.05) is 39.4 Å². The van der Waals surface area contributed by atoms with Gasteiger partial charge in [0.05, 0.1) is 24.8 Å². The van der Waals surface area contributed by atoms with Crippen LogP contribution in [-0.2, 0) is 14.3 Å². The van der Waals surface area contributed by atoms with E-state index in [-0.39, 0.29) is 11.3 Å². The molecule has 174 valence electrons. The van der Waals surface area contributed by atoms with Gasteiger partial charge < -0.3 is 14.7 Å². The number of Topliss-reactive ketones (excluding diaryl/α,β-unsaturated/α-hetero) is 1. The summed E-state index contributed by atoms with van der Waals surface area (Å²) in [7, 11) is 0. The molecule has 2 aromatic rings. The summed E-state index contributed by atoms with van der Waals surface area (Å²) >= 11 is 0. The Morgan fingerprint density at radius 2 is 1.67 bits per heavy atom. The van der Waals surface area contributed by atoms with Crippen molar-refractivity contribution < 1.29 is 23.8 Å². The van der Waals surface area contributed by atoms with Gasteiger partial charge in [-0.15, -0.1) is 0 Å². The highest BCUT2D eigenvalue weighted by Gasteiger charge is 2.46. The molecule has 2 fully saturated rings. The monoisotopic (exact) mass is 452 g/mol. The van der Waals surface area contributed by atoms with Gasteiger partial charge in [0.1, 0.15) is 11.6 Å². The molecule has 1 unspecified atom stereocenters. The third-order valence-electron chi connectivity index (χ3n) is 6.34. The lowest BCUT2D eigenvalue weighted by molar-refractivity contribution is -0.140. The molecule has 0 radical (unpaired) electrons. The van der Waals surface area contributed by atoms with Gasteiger partial charge in [-0.1, -0.05) is 38.1 Å². The molecule has 1 atom stereocenters. The van der Waals surface area contributed by atoms with Crippen LogP contribution >= 0.6 is 0 Å². The van der Waals surface area contributed by atoms with Crippen molar-refractivity contribution in [1.29, 1.82) is 0 Å². The minimum Gasteiger partial charge on any atom is -0.507 e. The van der Waals surface area contributed by atoms with E-state index < -0.39 is 23.5 Å². The molecule has 1 N–H and O–H groups in total. The van der Waals surface area contributed by atoms with Crippen LogP contribution < -0.4 is 0 Å². The summed E-state index contributed by atoms with van der Waals surface area (Å²) in [6.07, 6.45) is 0. The third-order valence-corrected chi connectivity index (χ3v) is 6.34. The maximum absolute atomic E-state index is 13.4. The normalized spacial score (nSPS) is 21.2. The van der Waals surface area contributed by atoms with Crippen molar-refractivity contribution in [3.63, 3.8) is 0 Å². The van der Waals surface area contributed by atoms with Crippen molar-refractivity contribution >= 4 is 17.4 Å². The zero-order chi connectivity index (χ0) is 23.5. The number of aliphatic hydroxyl groups excluding tert-OH is 1. The molecule has 0 aromatic heterocycles. The summed E-state index contributed by atoms with van der Waals surface area (Å²) in [6, 6.07) is 12.3. The van der Waals surface area contributed by atoms with Gasteiger partial charge in [0.2, 0.25) is 0 Å². The van der Waals surface area contributed by atoms with E-state index in [4.69, 9.17) is 4.74 Å². The number of hydrogen-bond donors (Lipinski definition) is 1. The Balaban J connectivity index is 1.73. The van der Waals surface area contributed by atoms with Gasteiger partial charge in [0, 0.05) is 31.7 Å². The first-order chi connectivity index (χ1) is 15.9. The van der Waals surface area contributed by atoms with E-state index in [2.05, 4.69) is 18.7 Å². The maximum Gasteiger partial charge on any atom is 0.295 e. The number of ketones is 1. The van der Waals surface area contributed by atoms with E-state index >= 15 is 0 Å². The predicted molar refractivity (Wildman–Crippen MR) is 123 cm³/mol. The molecule has 6 nitrogen and oxygen atoms in total. The van der Waals surface area contributed by atoms with Crippen LogP contribution in [0.4, 0.5) is 4.39 Å². The van der Waals surface area contributed by atoms with Crippen LogP contribution in [-0.4, -0.2) is 66.0 Å². The number of carbonyl (C=O) groups is 2. The fourth-order valence-electron chi connectivity index (χ4n) is 4.36. The summed E-state index contributed by atoms with van der Waals surface area (Å²) in [5, 5.41) is 11.0. The number of amides is 1. The molecule has 7 heteroatoms. The first-order valence-corrected chi connectivity index (χ1v) is 11.3. The van der Waals surface area contributed by atoms with E-state index in [0.29, 0.717) is 37.8 Å². The lowest BCUT2D eigenvalue weighted by Gasteiger charge is -2.31. The molecule has 0 bridgehead atoms. The Labute approximate surface area is 193 Å². The topological polar surface area (TPSA) is 70.1 Å². The highest BCUT2D eigenvalue weighted by Crippen LogP contribution is 2.39. The third kappa shape index (κ3) is 4.84. The Kier molecular flexibility index (Phi) is 6.91. The molecule has 0 aliphatic carbocycles. The Hall–Kier alpha value is -3.03. The summed E-state index contributed by atoms with van der Waals surface area (Å²) in [5.74, 6) is -1.76. The van der Waals surface area contributed by atoms with E-state index in [1.54, 1.807) is 0 Å². The number of benzene rings is 2. The van der Waals surface area contributed by atoms with Crippen molar-refractivity contribution in [2.45, 2.75) is 25.8 Å². The molecular formula is C26H29FN2O4. The van der Waals surface area contributed by atoms with Crippen molar-refractivity contribution in [3.05, 3.63) is 76.6 Å². The second kappa shape index (κ2) is 9.85. The SMILES string of the molecule is CC(C)c1ccc(C2/C(=C(/O)c3ccc(F)cc3)C(=O)C(=O)N2CCN2CCOCC2)cc1. The zero-order valence-electron chi connectivity index (χ0n) is 19.0. The molecule has 2 saturated heterocycles. The van der Waals surface area contributed by atoms with Gasteiger partial charge in [0.25, 0.3) is 11.7 Å². The number of nitrogens with zero attached hydrogens (tertiary/aromatic N) is 2. The Bertz CT molecular complexity index is 1040. The van der Waals surface area contributed by atoms with Crippen LogP contribution in [0.15, 0.2) is 54.1 Å². The van der Waals surface area contributed by atoms with Gasteiger partial charge in [0.15, 0.2) is 0 Å². The number of halogens is 1. The lowest BCUT2D eigenvalue weighted by Crippen LogP contribution is -2.42. The molecule has 2 heterocycles. The van der Waals surface area contributed by atoms with Crippen molar-refractivity contribution in [3.8, 4) is 0 Å². The number of aliphatic hydroxyl groups is 1. The summed E-state index contributed by atoms with van der Waals surface area (Å²) in [6.45, 7) is 7.97. The average molecular weight is 453 g/mol. The molecule has 2 aliphatic heterocycles. The molecule has 33 heavy (non-hydrogen) atoms. The number of carbonyl (C=O) groups excluding carboxylic acids is 2. The van der Waals surface area contributed by atoms with Crippen molar-refractivity contribution in [1.82, 2.24) is 9.80 Å². The largest absolute Gasteiger partial charge is 0.507 e. The van der Waals surface area contributed by atoms with Crippen LogP contribution in [0.3, 0.4) is 0 Å². The minimum atomic E-state index is -0.725. The molecular weight excluding hydrogens is 423 g/mol. The minimum absolute atomic E-state index is 0.0332. The smallest absolute Gasteiger partial charge is 0.295 e. The summed E-state index contributed by atoms with van der Waals surface area (Å²) in [4.78, 5) is 29.9. The van der Waals surface area contributed by atoms with Crippen LogP contribution in [0.1, 0.15) is 42.5 Å². The fourth-order valence-corrected chi connectivity index (χ4v) is 4.36.